The number of aryl methyl sites for hydroxylation is 1. The second-order valence-corrected chi connectivity index (χ2v) is 5.06. The third kappa shape index (κ3) is 2.53. The quantitative estimate of drug-likeness (QED) is 0.844. The molecule has 1 saturated carbocycles. The predicted octanol–water partition coefficient (Wildman–Crippen LogP) is 1.39. The summed E-state index contributed by atoms with van der Waals surface area (Å²) in [6, 6.07) is 6.25. The molecule has 1 aliphatic carbocycles. The summed E-state index contributed by atoms with van der Waals surface area (Å²) in [5, 5.41) is 5.82. The van der Waals surface area contributed by atoms with Crippen LogP contribution in [0.25, 0.3) is 0 Å². The standard InChI is InChI=1S/C14H16N2O2/c17-13-6-2-10-7-9(1-5-12(10)16-13)8-14(18)15-11-3-4-11/h1,5,7,11H,2-4,6,8H2,(H,15,18)(H,16,17). The highest BCUT2D eigenvalue weighted by Crippen LogP contribution is 2.24. The van der Waals surface area contributed by atoms with E-state index in [-0.39, 0.29) is 11.8 Å². The fourth-order valence-corrected chi connectivity index (χ4v) is 2.24. The van der Waals surface area contributed by atoms with Crippen molar-refractivity contribution in [3.63, 3.8) is 0 Å². The van der Waals surface area contributed by atoms with Crippen LogP contribution in [-0.4, -0.2) is 17.9 Å². The van der Waals surface area contributed by atoms with Crippen LogP contribution in [0.2, 0.25) is 0 Å². The number of carbonyl (C=O) groups excluding carboxylic acids is 2. The molecule has 1 fully saturated rings. The SMILES string of the molecule is O=C1CCc2cc(CC(=O)NC3CC3)ccc2N1. The number of amides is 2. The van der Waals surface area contributed by atoms with Gasteiger partial charge in [0.15, 0.2) is 0 Å². The van der Waals surface area contributed by atoms with E-state index >= 15 is 0 Å². The number of nitrogens with one attached hydrogen (secondary N) is 2. The van der Waals surface area contributed by atoms with E-state index in [2.05, 4.69) is 10.6 Å². The summed E-state index contributed by atoms with van der Waals surface area (Å²) in [7, 11) is 0. The van der Waals surface area contributed by atoms with Crippen molar-refractivity contribution < 1.29 is 9.59 Å². The summed E-state index contributed by atoms with van der Waals surface area (Å²) in [5.74, 6) is 0.166. The molecular weight excluding hydrogens is 228 g/mol. The lowest BCUT2D eigenvalue weighted by molar-refractivity contribution is -0.120. The fraction of sp³-hybridized carbons (Fsp3) is 0.429. The Balaban J connectivity index is 1.69. The molecule has 0 radical (unpaired) electrons. The molecule has 1 aromatic rings. The maximum Gasteiger partial charge on any atom is 0.224 e. The lowest BCUT2D eigenvalue weighted by Gasteiger charge is -2.17. The molecule has 0 unspecified atom stereocenters. The van der Waals surface area contributed by atoms with Crippen LogP contribution in [0.5, 0.6) is 0 Å². The third-order valence-corrected chi connectivity index (χ3v) is 3.37. The smallest absolute Gasteiger partial charge is 0.224 e. The van der Waals surface area contributed by atoms with Crippen LogP contribution >= 0.6 is 0 Å². The van der Waals surface area contributed by atoms with Crippen LogP contribution in [-0.2, 0) is 22.4 Å². The lowest BCUT2D eigenvalue weighted by atomic mass is 9.99. The van der Waals surface area contributed by atoms with Crippen LogP contribution < -0.4 is 10.6 Å². The highest BCUT2D eigenvalue weighted by atomic mass is 16.2. The minimum atomic E-state index is 0.0710. The molecule has 1 heterocycles. The van der Waals surface area contributed by atoms with E-state index < -0.39 is 0 Å². The summed E-state index contributed by atoms with van der Waals surface area (Å²) in [5.41, 5.74) is 3.03. The molecule has 94 valence electrons. The van der Waals surface area contributed by atoms with Gasteiger partial charge in [0, 0.05) is 18.2 Å². The molecular formula is C14H16N2O2. The Labute approximate surface area is 106 Å². The number of anilines is 1. The largest absolute Gasteiger partial charge is 0.353 e. The van der Waals surface area contributed by atoms with Gasteiger partial charge in [-0.1, -0.05) is 12.1 Å². The zero-order valence-electron chi connectivity index (χ0n) is 10.2. The Kier molecular flexibility index (Phi) is 2.78. The zero-order chi connectivity index (χ0) is 12.5. The van der Waals surface area contributed by atoms with Gasteiger partial charge in [-0.05, 0) is 36.5 Å². The van der Waals surface area contributed by atoms with E-state index in [4.69, 9.17) is 0 Å². The number of fused-ring (bicyclic) bond motifs is 1. The molecule has 4 heteroatoms. The Morgan fingerprint density at radius 3 is 2.94 bits per heavy atom. The molecule has 1 aromatic carbocycles. The van der Waals surface area contributed by atoms with Crippen LogP contribution in [0.15, 0.2) is 18.2 Å². The average molecular weight is 244 g/mol. The summed E-state index contributed by atoms with van der Waals surface area (Å²) >= 11 is 0. The Hall–Kier alpha value is -1.84. The summed E-state index contributed by atoms with van der Waals surface area (Å²) in [4.78, 5) is 22.9. The summed E-state index contributed by atoms with van der Waals surface area (Å²) in [6.07, 6.45) is 3.95. The number of hydrogen-bond donors (Lipinski definition) is 2. The minimum absolute atomic E-state index is 0.0710. The molecule has 18 heavy (non-hydrogen) atoms. The minimum Gasteiger partial charge on any atom is -0.353 e. The van der Waals surface area contributed by atoms with Gasteiger partial charge in [-0.15, -0.1) is 0 Å². The van der Waals surface area contributed by atoms with Crippen molar-refractivity contribution in [1.82, 2.24) is 5.32 Å². The second-order valence-electron chi connectivity index (χ2n) is 5.06. The highest BCUT2D eigenvalue weighted by molar-refractivity contribution is 5.94. The van der Waals surface area contributed by atoms with Crippen molar-refractivity contribution in [2.75, 3.05) is 5.32 Å². The van der Waals surface area contributed by atoms with Gasteiger partial charge in [0.2, 0.25) is 11.8 Å². The van der Waals surface area contributed by atoms with Crippen molar-refractivity contribution in [3.8, 4) is 0 Å². The van der Waals surface area contributed by atoms with Gasteiger partial charge in [-0.25, -0.2) is 0 Å². The molecule has 0 aromatic heterocycles. The molecule has 0 saturated heterocycles. The number of benzene rings is 1. The average Bonchev–Trinajstić information content (AvgIpc) is 3.13. The Bertz CT molecular complexity index is 507. The van der Waals surface area contributed by atoms with Crippen molar-refractivity contribution in [2.24, 2.45) is 0 Å². The molecule has 0 atom stereocenters. The van der Waals surface area contributed by atoms with Gasteiger partial charge in [-0.3, -0.25) is 9.59 Å². The second kappa shape index (κ2) is 4.44. The first kappa shape index (κ1) is 11.3. The van der Waals surface area contributed by atoms with Gasteiger partial charge < -0.3 is 10.6 Å². The molecule has 2 aliphatic rings. The van der Waals surface area contributed by atoms with Crippen molar-refractivity contribution in [1.29, 1.82) is 0 Å². The van der Waals surface area contributed by atoms with E-state index in [9.17, 15) is 9.59 Å². The molecule has 1 aliphatic heterocycles. The van der Waals surface area contributed by atoms with E-state index in [0.717, 1.165) is 36.1 Å². The first-order valence-electron chi connectivity index (χ1n) is 6.42. The molecule has 0 bridgehead atoms. The van der Waals surface area contributed by atoms with Gasteiger partial charge in [-0.2, -0.15) is 0 Å². The summed E-state index contributed by atoms with van der Waals surface area (Å²) < 4.78 is 0. The third-order valence-electron chi connectivity index (χ3n) is 3.37. The van der Waals surface area contributed by atoms with Gasteiger partial charge in [0.1, 0.15) is 0 Å². The topological polar surface area (TPSA) is 58.2 Å². The van der Waals surface area contributed by atoms with E-state index in [0.29, 0.717) is 18.9 Å². The molecule has 3 rings (SSSR count). The van der Waals surface area contributed by atoms with E-state index in [1.54, 1.807) is 0 Å². The van der Waals surface area contributed by atoms with Crippen LogP contribution in [0.3, 0.4) is 0 Å². The van der Waals surface area contributed by atoms with E-state index in [1.807, 2.05) is 18.2 Å². The maximum atomic E-state index is 11.7. The van der Waals surface area contributed by atoms with Crippen LogP contribution in [0.4, 0.5) is 5.69 Å². The molecule has 4 nitrogen and oxygen atoms in total. The number of carbonyl (C=O) groups is 2. The number of rotatable bonds is 3. The van der Waals surface area contributed by atoms with Crippen molar-refractivity contribution in [3.05, 3.63) is 29.3 Å². The predicted molar refractivity (Wildman–Crippen MR) is 68.3 cm³/mol. The summed E-state index contributed by atoms with van der Waals surface area (Å²) in [6.45, 7) is 0. The van der Waals surface area contributed by atoms with E-state index in [1.165, 1.54) is 0 Å². The normalized spacial score (nSPS) is 17.9. The Morgan fingerprint density at radius 2 is 2.17 bits per heavy atom. The van der Waals surface area contributed by atoms with Crippen LogP contribution in [0.1, 0.15) is 30.4 Å². The monoisotopic (exact) mass is 244 g/mol. The van der Waals surface area contributed by atoms with Crippen molar-refractivity contribution in [2.45, 2.75) is 38.1 Å². The van der Waals surface area contributed by atoms with Crippen LogP contribution in [0, 0.1) is 0 Å². The molecule has 0 spiro atoms. The number of hydrogen-bond acceptors (Lipinski definition) is 2. The Morgan fingerprint density at radius 1 is 1.33 bits per heavy atom. The lowest BCUT2D eigenvalue weighted by Crippen LogP contribution is -2.27. The zero-order valence-corrected chi connectivity index (χ0v) is 10.2. The first-order chi connectivity index (χ1) is 8.70. The van der Waals surface area contributed by atoms with Gasteiger partial charge in [0.25, 0.3) is 0 Å². The molecule has 2 amide bonds. The van der Waals surface area contributed by atoms with Crippen molar-refractivity contribution >= 4 is 17.5 Å². The van der Waals surface area contributed by atoms with Gasteiger partial charge in [0.05, 0.1) is 6.42 Å². The maximum absolute atomic E-state index is 11.7. The highest BCUT2D eigenvalue weighted by Gasteiger charge is 2.23. The molecule has 2 N–H and O–H groups in total. The fourth-order valence-electron chi connectivity index (χ4n) is 2.24. The van der Waals surface area contributed by atoms with Gasteiger partial charge >= 0.3 is 0 Å². The first-order valence-corrected chi connectivity index (χ1v) is 6.42.